The number of rotatable bonds is 3. The maximum Gasteiger partial charge on any atom is 0.0931 e. The van der Waals surface area contributed by atoms with E-state index in [1.165, 1.54) is 0 Å². The Morgan fingerprint density at radius 1 is 1.62 bits per heavy atom. The predicted molar refractivity (Wildman–Crippen MR) is 67.2 cm³/mol. The third-order valence-corrected chi connectivity index (χ3v) is 4.35. The number of hydrogen-bond acceptors (Lipinski definition) is 3. The summed E-state index contributed by atoms with van der Waals surface area (Å²) in [6.45, 7) is 2.76. The van der Waals surface area contributed by atoms with Gasteiger partial charge in [0, 0.05) is 24.3 Å². The lowest BCUT2D eigenvalue weighted by molar-refractivity contribution is -0.103. The van der Waals surface area contributed by atoms with Gasteiger partial charge >= 0.3 is 0 Å². The number of thiophene rings is 1. The van der Waals surface area contributed by atoms with Crippen LogP contribution in [0.25, 0.3) is 0 Å². The quantitative estimate of drug-likeness (QED) is 0.904. The van der Waals surface area contributed by atoms with Crippen LogP contribution in [0.1, 0.15) is 31.1 Å². The molecule has 0 spiro atoms. The van der Waals surface area contributed by atoms with Crippen molar-refractivity contribution in [2.45, 2.75) is 44.3 Å². The zero-order valence-electron chi connectivity index (χ0n) is 9.41. The summed E-state index contributed by atoms with van der Waals surface area (Å²) in [5.41, 5.74) is -0.604. The Balaban J connectivity index is 2.01. The van der Waals surface area contributed by atoms with E-state index in [1.54, 1.807) is 11.3 Å². The number of aliphatic hydroxyl groups is 1. The smallest absolute Gasteiger partial charge is 0.0931 e. The van der Waals surface area contributed by atoms with Gasteiger partial charge in [-0.2, -0.15) is 0 Å². The fourth-order valence-electron chi connectivity index (χ4n) is 2.19. The Bertz CT molecular complexity index is 353. The maximum atomic E-state index is 10.5. The van der Waals surface area contributed by atoms with Gasteiger partial charge in [0.1, 0.15) is 0 Å². The van der Waals surface area contributed by atoms with Crippen molar-refractivity contribution in [3.05, 3.63) is 21.3 Å². The van der Waals surface area contributed by atoms with Gasteiger partial charge in [-0.1, -0.05) is 18.5 Å². The van der Waals surface area contributed by atoms with Crippen LogP contribution < -0.4 is 0 Å². The molecule has 1 aromatic rings. The maximum absolute atomic E-state index is 10.5. The SMILES string of the molecule is CCC1CC(O)(Cc2ccc(Cl)s2)CCO1. The summed E-state index contributed by atoms with van der Waals surface area (Å²) in [5.74, 6) is 0. The first-order valence-corrected chi connectivity index (χ1v) is 6.89. The van der Waals surface area contributed by atoms with Gasteiger partial charge < -0.3 is 9.84 Å². The average molecular weight is 261 g/mol. The Morgan fingerprint density at radius 2 is 2.44 bits per heavy atom. The minimum Gasteiger partial charge on any atom is -0.389 e. The Hall–Kier alpha value is -0.0900. The van der Waals surface area contributed by atoms with Gasteiger partial charge in [-0.25, -0.2) is 0 Å². The molecule has 0 amide bonds. The van der Waals surface area contributed by atoms with Gasteiger partial charge in [0.15, 0.2) is 0 Å². The van der Waals surface area contributed by atoms with E-state index in [0.717, 1.165) is 28.5 Å². The molecule has 0 bridgehead atoms. The molecule has 16 heavy (non-hydrogen) atoms. The molecule has 2 atom stereocenters. The molecule has 90 valence electrons. The molecular weight excluding hydrogens is 244 g/mol. The van der Waals surface area contributed by atoms with Crippen LogP contribution in [-0.4, -0.2) is 23.4 Å². The molecule has 1 aliphatic heterocycles. The first-order chi connectivity index (χ1) is 7.61. The van der Waals surface area contributed by atoms with Crippen molar-refractivity contribution in [3.8, 4) is 0 Å². The van der Waals surface area contributed by atoms with Gasteiger partial charge in [0.2, 0.25) is 0 Å². The van der Waals surface area contributed by atoms with Crippen molar-refractivity contribution in [1.29, 1.82) is 0 Å². The zero-order valence-corrected chi connectivity index (χ0v) is 11.0. The van der Waals surface area contributed by atoms with Gasteiger partial charge in [-0.15, -0.1) is 11.3 Å². The summed E-state index contributed by atoms with van der Waals surface area (Å²) < 4.78 is 6.37. The number of ether oxygens (including phenoxy) is 1. The third-order valence-electron chi connectivity index (χ3n) is 3.12. The van der Waals surface area contributed by atoms with E-state index in [2.05, 4.69) is 6.92 Å². The minimum absolute atomic E-state index is 0.203. The lowest BCUT2D eigenvalue weighted by Gasteiger charge is -2.36. The highest BCUT2D eigenvalue weighted by Crippen LogP contribution is 2.32. The normalized spacial score (nSPS) is 30.6. The molecule has 2 heterocycles. The predicted octanol–water partition coefficient (Wildman–Crippen LogP) is 3.26. The van der Waals surface area contributed by atoms with Crippen LogP contribution in [0.4, 0.5) is 0 Å². The van der Waals surface area contributed by atoms with E-state index in [-0.39, 0.29) is 6.10 Å². The largest absolute Gasteiger partial charge is 0.389 e. The van der Waals surface area contributed by atoms with E-state index in [9.17, 15) is 5.11 Å². The van der Waals surface area contributed by atoms with Crippen LogP contribution in [0.3, 0.4) is 0 Å². The van der Waals surface area contributed by atoms with E-state index in [0.29, 0.717) is 13.0 Å². The third kappa shape index (κ3) is 2.98. The van der Waals surface area contributed by atoms with Gasteiger partial charge in [-0.3, -0.25) is 0 Å². The van der Waals surface area contributed by atoms with E-state index in [4.69, 9.17) is 16.3 Å². The summed E-state index contributed by atoms with van der Waals surface area (Å²) in [5, 5.41) is 10.5. The molecule has 1 N–H and O–H groups in total. The molecule has 0 saturated carbocycles. The van der Waals surface area contributed by atoms with Crippen LogP contribution in [0.15, 0.2) is 12.1 Å². The molecule has 0 aromatic carbocycles. The van der Waals surface area contributed by atoms with Crippen LogP contribution in [0.2, 0.25) is 4.34 Å². The molecule has 1 aromatic heterocycles. The van der Waals surface area contributed by atoms with Crippen molar-refractivity contribution in [1.82, 2.24) is 0 Å². The zero-order chi connectivity index (χ0) is 11.6. The monoisotopic (exact) mass is 260 g/mol. The van der Waals surface area contributed by atoms with Crippen LogP contribution in [-0.2, 0) is 11.2 Å². The summed E-state index contributed by atoms with van der Waals surface area (Å²) in [7, 11) is 0. The summed E-state index contributed by atoms with van der Waals surface area (Å²) >= 11 is 7.45. The van der Waals surface area contributed by atoms with Crippen molar-refractivity contribution < 1.29 is 9.84 Å². The second kappa shape index (κ2) is 5.05. The van der Waals surface area contributed by atoms with E-state index < -0.39 is 5.60 Å². The fraction of sp³-hybridized carbons (Fsp3) is 0.667. The highest BCUT2D eigenvalue weighted by molar-refractivity contribution is 7.16. The van der Waals surface area contributed by atoms with Gasteiger partial charge in [-0.05, 0) is 25.0 Å². The molecule has 2 rings (SSSR count). The lowest BCUT2D eigenvalue weighted by Crippen LogP contribution is -2.42. The van der Waals surface area contributed by atoms with Crippen molar-refractivity contribution in [2.24, 2.45) is 0 Å². The highest BCUT2D eigenvalue weighted by Gasteiger charge is 2.34. The molecule has 4 heteroatoms. The Kier molecular flexibility index (Phi) is 3.90. The van der Waals surface area contributed by atoms with E-state index in [1.807, 2.05) is 12.1 Å². The summed E-state index contributed by atoms with van der Waals surface area (Å²) in [4.78, 5) is 1.16. The van der Waals surface area contributed by atoms with Gasteiger partial charge in [0.05, 0.1) is 16.0 Å². The van der Waals surface area contributed by atoms with Gasteiger partial charge in [0.25, 0.3) is 0 Å². The summed E-state index contributed by atoms with van der Waals surface area (Å²) in [6, 6.07) is 3.89. The first kappa shape index (κ1) is 12.4. The van der Waals surface area contributed by atoms with Crippen molar-refractivity contribution >= 4 is 22.9 Å². The standard InChI is InChI=1S/C12H17ClO2S/c1-2-9-7-12(14,5-6-15-9)8-10-3-4-11(13)16-10/h3-4,9,14H,2,5-8H2,1H3. The number of hydrogen-bond donors (Lipinski definition) is 1. The first-order valence-electron chi connectivity index (χ1n) is 5.69. The molecule has 1 fully saturated rings. The van der Waals surface area contributed by atoms with E-state index >= 15 is 0 Å². The van der Waals surface area contributed by atoms with Crippen LogP contribution in [0.5, 0.6) is 0 Å². The van der Waals surface area contributed by atoms with Crippen LogP contribution >= 0.6 is 22.9 Å². The lowest BCUT2D eigenvalue weighted by atomic mass is 9.86. The number of halogens is 1. The molecule has 0 radical (unpaired) electrons. The Labute approximate surface area is 105 Å². The topological polar surface area (TPSA) is 29.5 Å². The second-order valence-corrected chi connectivity index (χ2v) is 6.26. The molecule has 2 unspecified atom stereocenters. The van der Waals surface area contributed by atoms with Crippen LogP contribution in [0, 0.1) is 0 Å². The van der Waals surface area contributed by atoms with Crippen molar-refractivity contribution in [3.63, 3.8) is 0 Å². The highest BCUT2D eigenvalue weighted by atomic mass is 35.5. The molecule has 1 saturated heterocycles. The molecule has 2 nitrogen and oxygen atoms in total. The molecule has 0 aliphatic carbocycles. The molecular formula is C12H17ClO2S. The molecule has 1 aliphatic rings. The minimum atomic E-state index is -0.604. The second-order valence-electron chi connectivity index (χ2n) is 4.46. The fourth-order valence-corrected chi connectivity index (χ4v) is 3.42. The summed E-state index contributed by atoms with van der Waals surface area (Å²) in [6.07, 6.45) is 3.32. The van der Waals surface area contributed by atoms with Crippen molar-refractivity contribution in [2.75, 3.05) is 6.61 Å². The Morgan fingerprint density at radius 3 is 3.06 bits per heavy atom. The average Bonchev–Trinajstić information content (AvgIpc) is 2.63.